The molecule has 0 N–H and O–H groups in total. The van der Waals surface area contributed by atoms with Gasteiger partial charge < -0.3 is 30.6 Å². The topological polar surface area (TPSA) is 46.2 Å². The van der Waals surface area contributed by atoms with Crippen LogP contribution >= 0.6 is 34.0 Å². The van der Waals surface area contributed by atoms with Crippen molar-refractivity contribution in [3.8, 4) is 48.3 Å². The van der Waals surface area contributed by atoms with Crippen molar-refractivity contribution in [1.82, 2.24) is 0 Å². The van der Waals surface area contributed by atoms with Crippen LogP contribution in [0, 0.1) is 44.1 Å². The minimum atomic E-state index is -0.00828. The van der Waals surface area contributed by atoms with E-state index in [1.807, 2.05) is 17.7 Å². The molecular weight excluding hydrogens is 642 g/mol. The molecule has 2 aliphatic heterocycles. The Morgan fingerprint density at radius 3 is 2.79 bits per heavy atom. The molecule has 0 bridgehead atoms. The average Bonchev–Trinajstić information content (AvgIpc) is 3.38. The van der Waals surface area contributed by atoms with E-state index in [9.17, 15) is 0 Å². The van der Waals surface area contributed by atoms with Crippen molar-refractivity contribution in [1.29, 1.82) is 0 Å². The van der Waals surface area contributed by atoms with Crippen LogP contribution in [0.4, 0.5) is 0 Å². The standard InChI is InChI=1S/C19H16O5S3.U/c1-3-20-11-6-13(25-8-11)17-16-15(23-7-10(2)24-16)19(27-17)18-14-12(9-26-18)21-4-5-22-14;/h8-10H,1,3-5,7H2,2H3;/q-2;+2. The fourth-order valence-electron chi connectivity index (χ4n) is 2.97. The van der Waals surface area contributed by atoms with Crippen LogP contribution in [0.2, 0.25) is 0 Å². The summed E-state index contributed by atoms with van der Waals surface area (Å²) in [6.45, 7) is 7.74. The Bertz CT molecular complexity index is 977. The van der Waals surface area contributed by atoms with Crippen molar-refractivity contribution in [3.63, 3.8) is 0 Å². The third kappa shape index (κ3) is 3.56. The zero-order chi connectivity index (χ0) is 18.4. The van der Waals surface area contributed by atoms with Crippen LogP contribution in [-0.2, 0) is 0 Å². The molecule has 28 heavy (non-hydrogen) atoms. The van der Waals surface area contributed by atoms with Crippen LogP contribution in [0.25, 0.3) is 19.5 Å². The summed E-state index contributed by atoms with van der Waals surface area (Å²) in [7, 11) is 0. The molecule has 0 radical (unpaired) electrons. The van der Waals surface area contributed by atoms with E-state index in [2.05, 4.69) is 13.0 Å². The first kappa shape index (κ1) is 20.4. The smallest absolute Gasteiger partial charge is 0.550 e. The van der Waals surface area contributed by atoms with Crippen molar-refractivity contribution < 1.29 is 54.8 Å². The fraction of sp³-hybridized carbons (Fsp3) is 0.316. The Morgan fingerprint density at radius 2 is 1.93 bits per heavy atom. The maximum absolute atomic E-state index is 6.16. The molecule has 5 heterocycles. The molecule has 9 heteroatoms. The first-order valence-electron chi connectivity index (χ1n) is 8.51. The van der Waals surface area contributed by atoms with E-state index in [4.69, 9.17) is 23.7 Å². The van der Waals surface area contributed by atoms with Gasteiger partial charge in [0.2, 0.25) is 0 Å². The van der Waals surface area contributed by atoms with Gasteiger partial charge in [-0.3, -0.25) is 0 Å². The summed E-state index contributed by atoms with van der Waals surface area (Å²) in [5, 5.41) is 3.92. The van der Waals surface area contributed by atoms with Crippen LogP contribution in [0.3, 0.4) is 0 Å². The van der Waals surface area contributed by atoms with Gasteiger partial charge in [0.15, 0.2) is 17.2 Å². The number of thiophene rings is 3. The molecule has 0 saturated carbocycles. The summed E-state index contributed by atoms with van der Waals surface area (Å²) in [6.07, 6.45) is -0.00828. The number of hydrogen-bond acceptors (Lipinski definition) is 8. The summed E-state index contributed by atoms with van der Waals surface area (Å²) in [4.78, 5) is 3.98. The third-order valence-electron chi connectivity index (χ3n) is 4.10. The number of ether oxygens (including phenoxy) is 5. The second-order valence-electron chi connectivity index (χ2n) is 6.02. The maximum Gasteiger partial charge on any atom is 2.00 e. The molecule has 1 unspecified atom stereocenters. The summed E-state index contributed by atoms with van der Waals surface area (Å²) >= 11 is 4.79. The molecule has 0 aromatic carbocycles. The zero-order valence-electron chi connectivity index (χ0n) is 15.0. The molecule has 0 spiro atoms. The zero-order valence-corrected chi connectivity index (χ0v) is 21.6. The average molecular weight is 659 g/mol. The van der Waals surface area contributed by atoms with Crippen LogP contribution in [0.15, 0.2) is 10.8 Å². The Hall–Kier alpha value is -0.848. The van der Waals surface area contributed by atoms with Gasteiger partial charge in [-0.2, -0.15) is 11.3 Å². The summed E-state index contributed by atoms with van der Waals surface area (Å²) in [5.74, 6) is 3.83. The molecule has 0 amide bonds. The predicted molar refractivity (Wildman–Crippen MR) is 107 cm³/mol. The second kappa shape index (κ2) is 8.49. The van der Waals surface area contributed by atoms with E-state index in [0.29, 0.717) is 32.2 Å². The fourth-order valence-corrected chi connectivity index (χ4v) is 6.09. The van der Waals surface area contributed by atoms with Crippen molar-refractivity contribution in [2.45, 2.75) is 13.0 Å². The Labute approximate surface area is 198 Å². The first-order chi connectivity index (χ1) is 13.2. The SMILES string of the molecule is [CH2-]COc1[c-]c(-c2sc(-c3scc4c3OCCO4)c3c2OC(C)CO3)sc1.[U+2]. The van der Waals surface area contributed by atoms with Crippen LogP contribution in [0.5, 0.6) is 28.7 Å². The molecule has 0 fully saturated rings. The minimum Gasteiger partial charge on any atom is -0.550 e. The van der Waals surface area contributed by atoms with Crippen LogP contribution in [0.1, 0.15) is 6.92 Å². The summed E-state index contributed by atoms with van der Waals surface area (Å²) in [6, 6.07) is 3.29. The predicted octanol–water partition coefficient (Wildman–Crippen LogP) is 5.15. The van der Waals surface area contributed by atoms with Gasteiger partial charge in [-0.25, -0.2) is 11.3 Å². The number of fused-ring (bicyclic) bond motifs is 2. The van der Waals surface area contributed by atoms with E-state index in [-0.39, 0.29) is 37.2 Å². The molecule has 0 saturated heterocycles. The van der Waals surface area contributed by atoms with Crippen molar-refractivity contribution in [2.24, 2.45) is 0 Å². The van der Waals surface area contributed by atoms with E-state index in [0.717, 1.165) is 42.5 Å². The van der Waals surface area contributed by atoms with Crippen molar-refractivity contribution >= 4 is 34.0 Å². The van der Waals surface area contributed by atoms with Gasteiger partial charge in [0.05, 0.1) is 9.75 Å². The van der Waals surface area contributed by atoms with Gasteiger partial charge in [0.25, 0.3) is 0 Å². The van der Waals surface area contributed by atoms with Gasteiger partial charge in [0.1, 0.15) is 31.7 Å². The molecule has 3 aromatic rings. The van der Waals surface area contributed by atoms with Crippen LogP contribution in [-0.4, -0.2) is 32.5 Å². The molecular formula is C19H16O5S3U. The Kier molecular flexibility index (Phi) is 6.19. The van der Waals surface area contributed by atoms with Gasteiger partial charge in [-0.1, -0.05) is 10.3 Å². The summed E-state index contributed by atoms with van der Waals surface area (Å²) < 4.78 is 29.3. The van der Waals surface area contributed by atoms with E-state index in [1.54, 1.807) is 34.0 Å². The molecule has 2 aliphatic rings. The van der Waals surface area contributed by atoms with Crippen molar-refractivity contribution in [2.75, 3.05) is 26.4 Å². The molecule has 0 aliphatic carbocycles. The van der Waals surface area contributed by atoms with Gasteiger partial charge in [0, 0.05) is 11.1 Å². The largest absolute Gasteiger partial charge is 2.00 e. The van der Waals surface area contributed by atoms with Crippen LogP contribution < -0.4 is 23.7 Å². The maximum atomic E-state index is 6.16. The Balaban J connectivity index is 0.00000192. The summed E-state index contributed by atoms with van der Waals surface area (Å²) in [5.41, 5.74) is 0. The molecule has 5 rings (SSSR count). The number of hydrogen-bond donors (Lipinski definition) is 0. The second-order valence-corrected chi connectivity index (χ2v) is 8.80. The quantitative estimate of drug-likeness (QED) is 0.364. The van der Waals surface area contributed by atoms with E-state index in [1.165, 1.54) is 0 Å². The van der Waals surface area contributed by atoms with Gasteiger partial charge >= 0.3 is 31.1 Å². The minimum absolute atomic E-state index is 0. The molecule has 3 aromatic heterocycles. The molecule has 1 atom stereocenters. The Morgan fingerprint density at radius 1 is 1.07 bits per heavy atom. The molecule has 5 nitrogen and oxygen atoms in total. The van der Waals surface area contributed by atoms with Gasteiger partial charge in [-0.05, 0) is 18.4 Å². The third-order valence-corrected chi connectivity index (χ3v) is 7.37. The first-order valence-corrected chi connectivity index (χ1v) is 11.1. The number of rotatable bonds is 4. The molecule has 144 valence electrons. The van der Waals surface area contributed by atoms with Crippen molar-refractivity contribution in [3.05, 3.63) is 23.8 Å². The normalized spacial score (nSPS) is 17.1. The monoisotopic (exact) mass is 658 g/mol. The van der Waals surface area contributed by atoms with Gasteiger partial charge in [-0.15, -0.1) is 17.4 Å². The van der Waals surface area contributed by atoms with E-state index >= 15 is 0 Å². The van der Waals surface area contributed by atoms with E-state index < -0.39 is 0 Å².